The van der Waals surface area contributed by atoms with Crippen molar-refractivity contribution in [3.63, 3.8) is 0 Å². The lowest BCUT2D eigenvalue weighted by Gasteiger charge is -2.19. The molecule has 0 unspecified atom stereocenters. The van der Waals surface area contributed by atoms with Crippen molar-refractivity contribution < 1.29 is 9.53 Å². The zero-order valence-electron chi connectivity index (χ0n) is 16.1. The highest BCUT2D eigenvalue weighted by Crippen LogP contribution is 2.25. The second-order valence-corrected chi connectivity index (χ2v) is 8.57. The molecule has 138 valence electrons. The minimum absolute atomic E-state index is 0.337. The molecule has 1 amide bonds. The van der Waals surface area contributed by atoms with E-state index in [9.17, 15) is 4.79 Å². The van der Waals surface area contributed by atoms with Crippen molar-refractivity contribution in [3.05, 3.63) is 0 Å². The Kier molecular flexibility index (Phi) is 12.7. The van der Waals surface area contributed by atoms with E-state index in [2.05, 4.69) is 28.2 Å². The van der Waals surface area contributed by atoms with Gasteiger partial charge in [-0.2, -0.15) is 11.8 Å². The number of carbonyl (C=O) groups excluding carboxylic acids is 1. The first kappa shape index (κ1) is 22.6. The van der Waals surface area contributed by atoms with Crippen LogP contribution in [0.25, 0.3) is 0 Å². The van der Waals surface area contributed by atoms with Gasteiger partial charge in [-0.25, -0.2) is 4.79 Å². The molecule has 1 N–H and O–H groups in total. The number of carbonyl (C=O) groups is 1. The molecule has 1 rings (SSSR count). The summed E-state index contributed by atoms with van der Waals surface area (Å²) >= 11 is 2.06. The Morgan fingerprint density at radius 2 is 1.74 bits per heavy atom. The Morgan fingerprint density at radius 3 is 2.17 bits per heavy atom. The maximum absolute atomic E-state index is 11.2. The van der Waals surface area contributed by atoms with Crippen LogP contribution in [0.3, 0.4) is 0 Å². The molecule has 0 aromatic heterocycles. The molecule has 0 radical (unpaired) electrons. The van der Waals surface area contributed by atoms with Gasteiger partial charge in [-0.3, -0.25) is 0 Å². The predicted octanol–water partition coefficient (Wildman–Crippen LogP) is 4.54. The lowest BCUT2D eigenvalue weighted by molar-refractivity contribution is 0.0526. The van der Waals surface area contributed by atoms with Gasteiger partial charge in [-0.05, 0) is 66.9 Å². The maximum Gasteiger partial charge on any atom is 0.407 e. The third-order valence-corrected chi connectivity index (χ3v) is 4.72. The van der Waals surface area contributed by atoms with Crippen LogP contribution in [0.5, 0.6) is 0 Å². The molecule has 0 heterocycles. The van der Waals surface area contributed by atoms with Gasteiger partial charge < -0.3 is 15.0 Å². The molecule has 1 aliphatic rings. The molecule has 4 nitrogen and oxygen atoms in total. The second kappa shape index (κ2) is 12.9. The third-order valence-electron chi connectivity index (χ3n) is 3.59. The lowest BCUT2D eigenvalue weighted by Crippen LogP contribution is -2.33. The first-order valence-corrected chi connectivity index (χ1v) is 10.2. The first-order valence-electron chi connectivity index (χ1n) is 8.89. The molecule has 5 heteroatoms. The van der Waals surface area contributed by atoms with Crippen LogP contribution in [0.4, 0.5) is 4.79 Å². The van der Waals surface area contributed by atoms with Crippen LogP contribution in [0, 0.1) is 0 Å². The molecule has 0 atom stereocenters. The van der Waals surface area contributed by atoms with Crippen molar-refractivity contribution in [2.75, 3.05) is 33.4 Å². The topological polar surface area (TPSA) is 41.6 Å². The van der Waals surface area contributed by atoms with Gasteiger partial charge in [0.25, 0.3) is 0 Å². The fourth-order valence-electron chi connectivity index (χ4n) is 2.38. The summed E-state index contributed by atoms with van der Waals surface area (Å²) in [6.45, 7) is 7.19. The van der Waals surface area contributed by atoms with Gasteiger partial charge in [0.15, 0.2) is 0 Å². The van der Waals surface area contributed by atoms with E-state index in [1.165, 1.54) is 38.5 Å². The highest BCUT2D eigenvalue weighted by atomic mass is 32.2. The van der Waals surface area contributed by atoms with Crippen LogP contribution in [0.2, 0.25) is 0 Å². The second-order valence-electron chi connectivity index (χ2n) is 7.43. The van der Waals surface area contributed by atoms with E-state index in [0.29, 0.717) is 6.54 Å². The van der Waals surface area contributed by atoms with E-state index in [0.717, 1.165) is 18.2 Å². The number of rotatable bonds is 5. The molecule has 1 saturated carbocycles. The summed E-state index contributed by atoms with van der Waals surface area (Å²) in [5.74, 6) is 0. The van der Waals surface area contributed by atoms with Gasteiger partial charge in [-0.1, -0.05) is 25.7 Å². The van der Waals surface area contributed by atoms with Crippen molar-refractivity contribution >= 4 is 17.9 Å². The van der Waals surface area contributed by atoms with E-state index in [4.69, 9.17) is 4.74 Å². The van der Waals surface area contributed by atoms with Gasteiger partial charge in [0, 0.05) is 11.8 Å². The number of thioether (sulfide) groups is 1. The van der Waals surface area contributed by atoms with Crippen LogP contribution in [-0.2, 0) is 4.74 Å². The molecule has 0 spiro atoms. The molecule has 0 bridgehead atoms. The van der Waals surface area contributed by atoms with Crippen molar-refractivity contribution in [2.45, 2.75) is 76.6 Å². The summed E-state index contributed by atoms with van der Waals surface area (Å²) in [6.07, 6.45) is 11.7. The molecular weight excluding hydrogens is 308 g/mol. The van der Waals surface area contributed by atoms with E-state index in [1.807, 2.05) is 34.9 Å². The molecule has 0 aliphatic heterocycles. The largest absolute Gasteiger partial charge is 0.444 e. The summed E-state index contributed by atoms with van der Waals surface area (Å²) in [5, 5.41) is 3.70. The summed E-state index contributed by atoms with van der Waals surface area (Å²) < 4.78 is 5.08. The van der Waals surface area contributed by atoms with Gasteiger partial charge in [0.1, 0.15) is 5.60 Å². The normalized spacial score (nSPS) is 16.3. The zero-order valence-corrected chi connectivity index (χ0v) is 16.9. The quantitative estimate of drug-likeness (QED) is 0.586. The molecule has 1 fully saturated rings. The average Bonchev–Trinajstić information content (AvgIpc) is 2.70. The number of nitrogens with one attached hydrogen (secondary N) is 1. The minimum Gasteiger partial charge on any atom is -0.444 e. The van der Waals surface area contributed by atoms with Gasteiger partial charge in [0.05, 0.1) is 0 Å². The molecule has 1 aliphatic carbocycles. The van der Waals surface area contributed by atoms with Crippen molar-refractivity contribution in [2.24, 2.45) is 0 Å². The molecule has 0 aromatic rings. The number of hydrogen-bond donors (Lipinski definition) is 1. The fourth-order valence-corrected chi connectivity index (χ4v) is 3.18. The Morgan fingerprint density at radius 1 is 1.17 bits per heavy atom. The summed E-state index contributed by atoms with van der Waals surface area (Å²) in [7, 11) is 4.01. The summed E-state index contributed by atoms with van der Waals surface area (Å²) in [5.41, 5.74) is -0.411. The van der Waals surface area contributed by atoms with E-state index < -0.39 is 5.60 Å². The molecule has 0 aromatic carbocycles. The van der Waals surface area contributed by atoms with E-state index in [-0.39, 0.29) is 6.09 Å². The average molecular weight is 347 g/mol. The van der Waals surface area contributed by atoms with Crippen molar-refractivity contribution in [1.29, 1.82) is 0 Å². The number of hydrogen-bond acceptors (Lipinski definition) is 4. The van der Waals surface area contributed by atoms with Crippen LogP contribution in [-0.4, -0.2) is 55.3 Å². The Labute approximate surface area is 148 Å². The number of amides is 1. The first-order chi connectivity index (χ1) is 10.7. The van der Waals surface area contributed by atoms with E-state index in [1.54, 1.807) is 0 Å². The predicted molar refractivity (Wildman–Crippen MR) is 102 cm³/mol. The standard InChI is InChI=1S/C10H22N2O2.C8H16S/c1-10(2,3)14-9(13)11-7-6-8-12(4)5;1-9-8-6-4-2-3-5-7-8/h6-8H2,1-5H3,(H,11,13);8H,2-7H2,1H3. The Hall–Kier alpha value is -0.420. The SMILES string of the molecule is CN(C)CCCNC(=O)OC(C)(C)C.CSC1CCCCCC1. The number of ether oxygens (including phenoxy) is 1. The van der Waals surface area contributed by atoms with E-state index >= 15 is 0 Å². The Balaban J connectivity index is 0.000000459. The highest BCUT2D eigenvalue weighted by molar-refractivity contribution is 7.99. The van der Waals surface area contributed by atoms with Gasteiger partial charge in [-0.15, -0.1) is 0 Å². The van der Waals surface area contributed by atoms with Crippen molar-refractivity contribution in [1.82, 2.24) is 10.2 Å². The lowest BCUT2D eigenvalue weighted by atomic mass is 10.2. The zero-order chi connectivity index (χ0) is 17.7. The maximum atomic E-state index is 11.2. The van der Waals surface area contributed by atoms with Crippen LogP contribution in [0.15, 0.2) is 0 Å². The van der Waals surface area contributed by atoms with Crippen molar-refractivity contribution in [3.8, 4) is 0 Å². The third kappa shape index (κ3) is 16.2. The Bertz CT molecular complexity index is 296. The highest BCUT2D eigenvalue weighted by Gasteiger charge is 2.15. The summed E-state index contributed by atoms with van der Waals surface area (Å²) in [6, 6.07) is 0. The fraction of sp³-hybridized carbons (Fsp3) is 0.944. The number of alkyl carbamates (subject to hydrolysis) is 1. The molecule has 0 saturated heterocycles. The molecule has 23 heavy (non-hydrogen) atoms. The van der Waals surface area contributed by atoms with Crippen LogP contribution >= 0.6 is 11.8 Å². The monoisotopic (exact) mass is 346 g/mol. The number of nitrogens with zero attached hydrogens (tertiary/aromatic N) is 1. The summed E-state index contributed by atoms with van der Waals surface area (Å²) in [4.78, 5) is 13.2. The van der Waals surface area contributed by atoms with Gasteiger partial charge in [0.2, 0.25) is 0 Å². The smallest absolute Gasteiger partial charge is 0.407 e. The van der Waals surface area contributed by atoms with Crippen LogP contribution < -0.4 is 5.32 Å². The molecular formula is C18H38N2O2S. The van der Waals surface area contributed by atoms with Gasteiger partial charge >= 0.3 is 6.09 Å². The van der Waals surface area contributed by atoms with Crippen LogP contribution in [0.1, 0.15) is 65.7 Å². The minimum atomic E-state index is -0.411.